The van der Waals surface area contributed by atoms with Gasteiger partial charge in [0.05, 0.1) is 17.3 Å². The van der Waals surface area contributed by atoms with E-state index in [1.54, 1.807) is 0 Å². The molecule has 1 aromatic heterocycles. The van der Waals surface area contributed by atoms with Gasteiger partial charge < -0.3 is 15.2 Å². The molecule has 20 heavy (non-hydrogen) atoms. The van der Waals surface area contributed by atoms with Crippen molar-refractivity contribution in [3.8, 4) is 0 Å². The van der Waals surface area contributed by atoms with Gasteiger partial charge in [0.25, 0.3) is 0 Å². The Labute approximate surface area is 120 Å². The summed E-state index contributed by atoms with van der Waals surface area (Å²) in [7, 11) is 0. The predicted octanol–water partition coefficient (Wildman–Crippen LogP) is 2.39. The molecule has 1 aliphatic heterocycles. The van der Waals surface area contributed by atoms with Crippen LogP contribution in [0, 0.1) is 13.8 Å². The molecule has 0 aromatic carbocycles. The zero-order chi connectivity index (χ0) is 14.8. The highest BCUT2D eigenvalue weighted by Gasteiger charge is 2.40. The fourth-order valence-corrected chi connectivity index (χ4v) is 3.27. The average molecular weight is 279 g/mol. The predicted molar refractivity (Wildman–Crippen MR) is 77.4 cm³/mol. The molecule has 2 heterocycles. The smallest absolute Gasteiger partial charge is 0.240 e. The number of rotatable bonds is 5. The molecular weight excluding hydrogens is 254 g/mol. The molecule has 0 radical (unpaired) electrons. The molecule has 1 aromatic rings. The third-order valence-electron chi connectivity index (χ3n) is 4.22. The average Bonchev–Trinajstić information content (AvgIpc) is 2.98. The van der Waals surface area contributed by atoms with Crippen molar-refractivity contribution >= 4 is 5.91 Å². The van der Waals surface area contributed by atoms with Crippen LogP contribution in [0.1, 0.15) is 62.6 Å². The largest absolute Gasteiger partial charge is 0.361 e. The van der Waals surface area contributed by atoms with E-state index in [9.17, 15) is 4.79 Å². The van der Waals surface area contributed by atoms with E-state index in [4.69, 9.17) is 4.52 Å². The maximum absolute atomic E-state index is 12.7. The number of aryl methyl sites for hydroxylation is 2. The summed E-state index contributed by atoms with van der Waals surface area (Å²) in [4.78, 5) is 12.7. The van der Waals surface area contributed by atoms with Crippen LogP contribution in [0.15, 0.2) is 4.52 Å². The van der Waals surface area contributed by atoms with Crippen molar-refractivity contribution in [2.45, 2.75) is 65.0 Å². The summed E-state index contributed by atoms with van der Waals surface area (Å²) < 4.78 is 5.18. The molecule has 5 nitrogen and oxygen atoms in total. The first kappa shape index (κ1) is 15.0. The van der Waals surface area contributed by atoms with Gasteiger partial charge in [0.1, 0.15) is 5.76 Å². The Hall–Kier alpha value is -1.36. The summed E-state index contributed by atoms with van der Waals surface area (Å²) in [5.74, 6) is 0.878. The van der Waals surface area contributed by atoms with Gasteiger partial charge in [0.15, 0.2) is 0 Å². The van der Waals surface area contributed by atoms with Crippen molar-refractivity contribution in [3.05, 3.63) is 17.0 Å². The first-order chi connectivity index (χ1) is 9.50. The molecule has 0 aliphatic carbocycles. The van der Waals surface area contributed by atoms with E-state index in [1.807, 2.05) is 20.8 Å². The van der Waals surface area contributed by atoms with Crippen LogP contribution in [0.25, 0.3) is 0 Å². The Kier molecular flexibility index (Phi) is 4.48. The summed E-state index contributed by atoms with van der Waals surface area (Å²) in [6.45, 7) is 8.82. The topological polar surface area (TPSA) is 67.2 Å². The van der Waals surface area contributed by atoms with Crippen LogP contribution in [0.2, 0.25) is 0 Å². The number of nitrogens with zero attached hydrogens (tertiary/aromatic N) is 1. The molecule has 1 aliphatic rings. The van der Waals surface area contributed by atoms with Crippen LogP contribution >= 0.6 is 0 Å². The van der Waals surface area contributed by atoms with Gasteiger partial charge in [-0.1, -0.05) is 18.5 Å². The van der Waals surface area contributed by atoms with Crippen molar-refractivity contribution in [3.63, 3.8) is 0 Å². The Balaban J connectivity index is 2.10. The van der Waals surface area contributed by atoms with Crippen molar-refractivity contribution in [1.82, 2.24) is 15.8 Å². The van der Waals surface area contributed by atoms with Crippen LogP contribution in [0.4, 0.5) is 0 Å². The lowest BCUT2D eigenvalue weighted by Gasteiger charge is -2.29. The molecule has 1 amide bonds. The van der Waals surface area contributed by atoms with Crippen molar-refractivity contribution in [1.29, 1.82) is 0 Å². The molecule has 112 valence electrons. The van der Waals surface area contributed by atoms with Gasteiger partial charge in [-0.3, -0.25) is 4.79 Å². The molecule has 5 heteroatoms. The van der Waals surface area contributed by atoms with Gasteiger partial charge >= 0.3 is 0 Å². The summed E-state index contributed by atoms with van der Waals surface area (Å²) >= 11 is 0. The zero-order valence-electron chi connectivity index (χ0n) is 12.9. The normalized spacial score (nSPS) is 23.8. The molecule has 0 saturated carbocycles. The Morgan fingerprint density at radius 3 is 2.80 bits per heavy atom. The highest BCUT2D eigenvalue weighted by atomic mass is 16.5. The highest BCUT2D eigenvalue weighted by molar-refractivity contribution is 5.87. The number of aromatic nitrogens is 1. The second-order valence-corrected chi connectivity index (χ2v) is 5.80. The van der Waals surface area contributed by atoms with Gasteiger partial charge in [0, 0.05) is 5.56 Å². The summed E-state index contributed by atoms with van der Waals surface area (Å²) in [5, 5.41) is 10.5. The number of hydrogen-bond acceptors (Lipinski definition) is 4. The molecule has 2 unspecified atom stereocenters. The van der Waals surface area contributed by atoms with Gasteiger partial charge in [-0.25, -0.2) is 0 Å². The summed E-state index contributed by atoms with van der Waals surface area (Å²) in [5.41, 5.74) is 1.45. The Bertz CT molecular complexity index is 456. The number of carbonyl (C=O) groups excluding carboxylic acids is 1. The van der Waals surface area contributed by atoms with Crippen molar-refractivity contribution in [2.75, 3.05) is 6.54 Å². The monoisotopic (exact) mass is 279 g/mol. The van der Waals surface area contributed by atoms with Crippen LogP contribution in [-0.4, -0.2) is 23.1 Å². The molecule has 0 bridgehead atoms. The number of carbonyl (C=O) groups is 1. The SMILES string of the molecule is CCCC1(C(=O)NC(C)c2c(C)noc2C)CCCN1. The minimum Gasteiger partial charge on any atom is -0.361 e. The lowest BCUT2D eigenvalue weighted by atomic mass is 9.90. The quantitative estimate of drug-likeness (QED) is 0.868. The fourth-order valence-electron chi connectivity index (χ4n) is 3.27. The summed E-state index contributed by atoms with van der Waals surface area (Å²) in [6.07, 6.45) is 3.86. The zero-order valence-corrected chi connectivity index (χ0v) is 12.9. The maximum Gasteiger partial charge on any atom is 0.240 e. The Morgan fingerprint density at radius 2 is 2.30 bits per heavy atom. The van der Waals surface area contributed by atoms with E-state index in [0.717, 1.165) is 49.2 Å². The van der Waals surface area contributed by atoms with E-state index >= 15 is 0 Å². The van der Waals surface area contributed by atoms with Crippen molar-refractivity contribution < 1.29 is 9.32 Å². The van der Waals surface area contributed by atoms with Gasteiger partial charge in [-0.2, -0.15) is 0 Å². The standard InChI is InChI=1S/C15H25N3O2/c1-5-7-15(8-6-9-16-15)14(19)17-10(2)13-11(3)18-20-12(13)4/h10,16H,5-9H2,1-4H3,(H,17,19). The second-order valence-electron chi connectivity index (χ2n) is 5.80. The minimum absolute atomic E-state index is 0.0788. The molecular formula is C15H25N3O2. The van der Waals surface area contributed by atoms with Gasteiger partial charge in [-0.15, -0.1) is 0 Å². The third kappa shape index (κ3) is 2.73. The lowest BCUT2D eigenvalue weighted by Crippen LogP contribution is -2.53. The van der Waals surface area contributed by atoms with E-state index in [1.165, 1.54) is 0 Å². The molecule has 0 spiro atoms. The van der Waals surface area contributed by atoms with E-state index < -0.39 is 0 Å². The van der Waals surface area contributed by atoms with Crippen LogP contribution < -0.4 is 10.6 Å². The van der Waals surface area contributed by atoms with Crippen LogP contribution in [0.5, 0.6) is 0 Å². The number of hydrogen-bond donors (Lipinski definition) is 2. The van der Waals surface area contributed by atoms with Crippen LogP contribution in [-0.2, 0) is 4.79 Å². The van der Waals surface area contributed by atoms with E-state index in [0.29, 0.717) is 0 Å². The number of nitrogens with one attached hydrogen (secondary N) is 2. The second kappa shape index (κ2) is 5.95. The van der Waals surface area contributed by atoms with Crippen molar-refractivity contribution in [2.24, 2.45) is 0 Å². The summed E-state index contributed by atoms with van der Waals surface area (Å²) in [6, 6.07) is -0.0788. The number of amides is 1. The van der Waals surface area contributed by atoms with Gasteiger partial charge in [-0.05, 0) is 46.6 Å². The van der Waals surface area contributed by atoms with E-state index in [-0.39, 0.29) is 17.5 Å². The fraction of sp³-hybridized carbons (Fsp3) is 0.733. The molecule has 2 rings (SSSR count). The van der Waals surface area contributed by atoms with Crippen LogP contribution in [0.3, 0.4) is 0 Å². The minimum atomic E-state index is -0.387. The molecule has 2 atom stereocenters. The Morgan fingerprint density at radius 1 is 1.55 bits per heavy atom. The first-order valence-corrected chi connectivity index (χ1v) is 7.49. The molecule has 1 saturated heterocycles. The maximum atomic E-state index is 12.7. The van der Waals surface area contributed by atoms with Gasteiger partial charge in [0.2, 0.25) is 5.91 Å². The molecule has 1 fully saturated rings. The van der Waals surface area contributed by atoms with E-state index in [2.05, 4.69) is 22.7 Å². The highest BCUT2D eigenvalue weighted by Crippen LogP contribution is 2.27. The third-order valence-corrected chi connectivity index (χ3v) is 4.22. The first-order valence-electron chi connectivity index (χ1n) is 7.49. The molecule has 2 N–H and O–H groups in total. The lowest BCUT2D eigenvalue weighted by molar-refractivity contribution is -0.128.